The fourth-order valence-corrected chi connectivity index (χ4v) is 2.92. The fourth-order valence-electron chi connectivity index (χ4n) is 1.68. The van der Waals surface area contributed by atoms with Gasteiger partial charge in [0.25, 0.3) is 10.1 Å². The van der Waals surface area contributed by atoms with Gasteiger partial charge in [-0.2, -0.15) is 8.42 Å². The maximum atomic E-state index is 12.2. The number of nitrogens with two attached hydrogens (primary N) is 1. The lowest BCUT2D eigenvalue weighted by Gasteiger charge is -2.09. The van der Waals surface area contributed by atoms with E-state index in [1.165, 1.54) is 0 Å². The lowest BCUT2D eigenvalue weighted by atomic mass is 10.2. The topological polar surface area (TPSA) is 143 Å². The van der Waals surface area contributed by atoms with E-state index in [1.807, 2.05) is 0 Å². The van der Waals surface area contributed by atoms with Crippen LogP contribution in [-0.4, -0.2) is 31.2 Å². The van der Waals surface area contributed by atoms with Crippen molar-refractivity contribution in [3.63, 3.8) is 0 Å². The van der Waals surface area contributed by atoms with E-state index in [0.29, 0.717) is 28.2 Å². The van der Waals surface area contributed by atoms with Crippen LogP contribution >= 0.6 is 43.3 Å². The Morgan fingerprint density at radius 2 is 1.75 bits per heavy atom. The Kier molecular flexibility index (Phi) is 9.93. The predicted octanol–water partition coefficient (Wildman–Crippen LogP) is 4.21. The van der Waals surface area contributed by atoms with E-state index in [0.717, 1.165) is 26.8 Å². The van der Waals surface area contributed by atoms with Crippen LogP contribution in [0.3, 0.4) is 0 Å². The summed E-state index contributed by atoms with van der Waals surface area (Å²) in [6.45, 7) is 0. The molecule has 0 atom stereocenters. The minimum absolute atomic E-state index is 0.181. The second kappa shape index (κ2) is 11.4. The molecule has 0 aliphatic carbocycles. The third-order valence-electron chi connectivity index (χ3n) is 2.69. The summed E-state index contributed by atoms with van der Waals surface area (Å²) in [5.74, 6) is -0.367. The number of guanidine groups is 1. The van der Waals surface area contributed by atoms with E-state index in [1.54, 1.807) is 42.5 Å². The van der Waals surface area contributed by atoms with Crippen LogP contribution in [0.25, 0.3) is 0 Å². The number of anilines is 1. The molecule has 0 bridgehead atoms. The molecular formula is C15H15Cl2N3O5S3. The van der Waals surface area contributed by atoms with Crippen LogP contribution in [0.5, 0.6) is 5.75 Å². The van der Waals surface area contributed by atoms with Gasteiger partial charge in [0.05, 0.1) is 16.7 Å². The van der Waals surface area contributed by atoms with Crippen LogP contribution in [-0.2, 0) is 10.1 Å². The highest BCUT2D eigenvalue weighted by atomic mass is 35.7. The summed E-state index contributed by atoms with van der Waals surface area (Å²) in [7, 11) is 9.79. The Morgan fingerprint density at radius 3 is 2.21 bits per heavy atom. The highest BCUT2D eigenvalue weighted by Crippen LogP contribution is 2.36. The Morgan fingerprint density at radius 1 is 1.18 bits per heavy atom. The molecule has 0 aliphatic heterocycles. The summed E-state index contributed by atoms with van der Waals surface area (Å²) < 4.78 is 31.3. The summed E-state index contributed by atoms with van der Waals surface area (Å²) in [4.78, 5) is 13.6. The average molecular weight is 484 g/mol. The summed E-state index contributed by atoms with van der Waals surface area (Å²) in [5, 5.41) is 9.77. The van der Waals surface area contributed by atoms with E-state index in [2.05, 4.69) is 5.32 Å². The van der Waals surface area contributed by atoms with Gasteiger partial charge < -0.3 is 15.8 Å². The highest BCUT2D eigenvalue weighted by Gasteiger charge is 2.13. The molecule has 5 N–H and O–H groups in total. The number of hydrogen-bond acceptors (Lipinski definition) is 7. The number of halogens is 2. The molecule has 0 aromatic heterocycles. The predicted molar refractivity (Wildman–Crippen MR) is 114 cm³/mol. The molecule has 8 nitrogen and oxygen atoms in total. The van der Waals surface area contributed by atoms with Crippen LogP contribution in [0, 0.1) is 5.41 Å². The smallest absolute Gasteiger partial charge is 0.343 e. The molecular weight excluding hydrogens is 469 g/mol. The Hall–Kier alpha value is -1.63. The zero-order chi connectivity index (χ0) is 21.3. The number of nitrogens with one attached hydrogen (secondary N) is 2. The first-order valence-corrected chi connectivity index (χ1v) is 12.2. The molecule has 0 spiro atoms. The summed E-state index contributed by atoms with van der Waals surface area (Å²) in [6.07, 6.45) is 0.715. The number of carbonyl (C=O) groups excluding carboxylic acids is 1. The van der Waals surface area contributed by atoms with Crippen molar-refractivity contribution in [3.05, 3.63) is 48.0 Å². The SMILES string of the molecule is CS(=O)(=O)O.N=C(N)Nc1ccc(C(=O)Oc2cc(SCl)ccc2SCl)cc1. The minimum Gasteiger partial charge on any atom is -0.422 e. The maximum Gasteiger partial charge on any atom is 0.343 e. The molecule has 28 heavy (non-hydrogen) atoms. The number of hydrogen-bond donors (Lipinski definition) is 4. The van der Waals surface area contributed by atoms with Gasteiger partial charge in [-0.05, 0) is 85.8 Å². The normalized spacial score (nSPS) is 10.4. The molecule has 0 saturated heterocycles. The van der Waals surface area contributed by atoms with Crippen LogP contribution in [0.1, 0.15) is 10.4 Å². The Balaban J connectivity index is 0.000000696. The van der Waals surface area contributed by atoms with Gasteiger partial charge in [-0.1, -0.05) is 0 Å². The summed E-state index contributed by atoms with van der Waals surface area (Å²) >= 11 is 0. The van der Waals surface area contributed by atoms with Crippen molar-refractivity contribution in [2.24, 2.45) is 5.73 Å². The first kappa shape index (κ1) is 24.4. The highest BCUT2D eigenvalue weighted by molar-refractivity contribution is 8.21. The number of benzene rings is 2. The van der Waals surface area contributed by atoms with Gasteiger partial charge in [0, 0.05) is 10.6 Å². The summed E-state index contributed by atoms with van der Waals surface area (Å²) in [5.41, 5.74) is 6.20. The molecule has 2 aromatic carbocycles. The number of ether oxygens (including phenoxy) is 1. The van der Waals surface area contributed by atoms with Gasteiger partial charge in [-0.3, -0.25) is 9.96 Å². The minimum atomic E-state index is -3.67. The average Bonchev–Trinajstić information content (AvgIpc) is 2.60. The van der Waals surface area contributed by atoms with E-state index in [-0.39, 0.29) is 5.96 Å². The molecule has 152 valence electrons. The van der Waals surface area contributed by atoms with Crippen molar-refractivity contribution in [2.45, 2.75) is 9.79 Å². The van der Waals surface area contributed by atoms with Crippen molar-refractivity contribution in [2.75, 3.05) is 11.6 Å². The lowest BCUT2D eigenvalue weighted by Crippen LogP contribution is -2.20. The van der Waals surface area contributed by atoms with Gasteiger partial charge in [-0.25, -0.2) is 4.79 Å². The monoisotopic (exact) mass is 483 g/mol. The number of esters is 1. The molecule has 0 aliphatic rings. The molecule has 0 saturated carbocycles. The van der Waals surface area contributed by atoms with E-state index >= 15 is 0 Å². The van der Waals surface area contributed by atoms with E-state index in [9.17, 15) is 13.2 Å². The molecule has 13 heteroatoms. The van der Waals surface area contributed by atoms with Gasteiger partial charge in [-0.15, -0.1) is 0 Å². The second-order valence-corrected chi connectivity index (χ2v) is 8.61. The van der Waals surface area contributed by atoms with E-state index in [4.69, 9.17) is 41.8 Å². The largest absolute Gasteiger partial charge is 0.422 e. The van der Waals surface area contributed by atoms with Crippen LogP contribution < -0.4 is 15.8 Å². The van der Waals surface area contributed by atoms with Crippen LogP contribution in [0.2, 0.25) is 0 Å². The van der Waals surface area contributed by atoms with Crippen molar-refractivity contribution < 1.29 is 22.5 Å². The lowest BCUT2D eigenvalue weighted by molar-refractivity contribution is 0.0730. The zero-order valence-electron chi connectivity index (χ0n) is 14.2. The number of rotatable bonds is 5. The van der Waals surface area contributed by atoms with Gasteiger partial charge in [0.15, 0.2) is 5.96 Å². The quantitative estimate of drug-likeness (QED) is 0.161. The van der Waals surface area contributed by atoms with Crippen molar-refractivity contribution in [1.29, 1.82) is 5.41 Å². The molecule has 0 unspecified atom stereocenters. The molecule has 2 aromatic rings. The van der Waals surface area contributed by atoms with Crippen molar-refractivity contribution in [1.82, 2.24) is 0 Å². The van der Waals surface area contributed by atoms with Crippen molar-refractivity contribution >= 4 is 71.1 Å². The molecule has 0 heterocycles. The Labute approximate surface area is 179 Å². The van der Waals surface area contributed by atoms with Gasteiger partial charge >= 0.3 is 5.97 Å². The van der Waals surface area contributed by atoms with Gasteiger partial charge in [0.1, 0.15) is 5.75 Å². The van der Waals surface area contributed by atoms with Crippen molar-refractivity contribution in [3.8, 4) is 5.75 Å². The zero-order valence-corrected chi connectivity index (χ0v) is 18.1. The maximum absolute atomic E-state index is 12.2. The Bertz CT molecular complexity index is 932. The molecule has 0 amide bonds. The van der Waals surface area contributed by atoms with Crippen LogP contribution in [0.15, 0.2) is 52.3 Å². The molecule has 2 rings (SSSR count). The standard InChI is InChI=1S/C14H11Cl2N3O2S2.CH4O3S/c15-22-10-5-6-12(23-16)11(7-10)21-13(20)8-1-3-9(4-2-8)19-14(17)18;1-5(2,3)4/h1-7H,(H4,17,18,19);1H3,(H,2,3,4). The van der Waals surface area contributed by atoms with E-state index < -0.39 is 16.1 Å². The number of carbonyl (C=O) groups is 1. The first-order valence-electron chi connectivity index (χ1n) is 7.10. The third kappa shape index (κ3) is 9.53. The first-order chi connectivity index (χ1) is 13.0. The summed E-state index contributed by atoms with van der Waals surface area (Å²) in [6, 6.07) is 11.5. The third-order valence-corrected chi connectivity index (χ3v) is 4.66. The second-order valence-electron chi connectivity index (χ2n) is 5.00. The molecule has 0 radical (unpaired) electrons. The fraction of sp³-hybridized carbons (Fsp3) is 0.0667. The van der Waals surface area contributed by atoms with Gasteiger partial charge in [0.2, 0.25) is 0 Å². The molecule has 0 fully saturated rings. The van der Waals surface area contributed by atoms with Crippen LogP contribution in [0.4, 0.5) is 5.69 Å².